The average molecular weight is 243 g/mol. The van der Waals surface area contributed by atoms with Crippen molar-refractivity contribution in [3.8, 4) is 0 Å². The number of amides is 2. The lowest BCUT2D eigenvalue weighted by Crippen LogP contribution is -2.34. The quantitative estimate of drug-likeness (QED) is 0.520. The summed E-state index contributed by atoms with van der Waals surface area (Å²) >= 11 is 3.01. The minimum absolute atomic E-state index is 0.0780. The van der Waals surface area contributed by atoms with Crippen LogP contribution in [0.15, 0.2) is 9.81 Å². The van der Waals surface area contributed by atoms with E-state index in [-0.39, 0.29) is 17.9 Å². The zero-order chi connectivity index (χ0) is 10.4. The van der Waals surface area contributed by atoms with Crippen LogP contribution in [0.1, 0.15) is 0 Å². The van der Waals surface area contributed by atoms with Crippen molar-refractivity contribution in [2.45, 2.75) is 6.10 Å². The van der Waals surface area contributed by atoms with Gasteiger partial charge in [0.05, 0.1) is 29.1 Å². The van der Waals surface area contributed by atoms with Gasteiger partial charge in [0, 0.05) is 11.5 Å². The molecule has 0 aromatic heterocycles. The first-order valence-corrected chi connectivity index (χ1v) is 6.72. The molecule has 3 aliphatic rings. The summed E-state index contributed by atoms with van der Waals surface area (Å²) in [4.78, 5) is 26.4. The molecule has 0 spiro atoms. The molecule has 6 heteroatoms. The lowest BCUT2D eigenvalue weighted by atomic mass is 10.4. The van der Waals surface area contributed by atoms with Crippen molar-refractivity contribution >= 4 is 35.3 Å². The summed E-state index contributed by atoms with van der Waals surface area (Å²) in [6.07, 6.45) is 0.0780. The van der Waals surface area contributed by atoms with Crippen LogP contribution in [-0.4, -0.2) is 47.5 Å². The third-order valence-electron chi connectivity index (χ3n) is 2.45. The van der Waals surface area contributed by atoms with Gasteiger partial charge in [0.2, 0.25) is 0 Å². The first-order chi connectivity index (χ1) is 7.27. The summed E-state index contributed by atoms with van der Waals surface area (Å²) in [7, 11) is 0. The van der Waals surface area contributed by atoms with E-state index in [2.05, 4.69) is 0 Å². The van der Waals surface area contributed by atoms with Crippen molar-refractivity contribution in [1.29, 1.82) is 0 Å². The summed E-state index contributed by atoms with van der Waals surface area (Å²) in [5.74, 6) is 1.58. The third-order valence-corrected chi connectivity index (χ3v) is 4.99. The van der Waals surface area contributed by atoms with Crippen molar-refractivity contribution in [3.05, 3.63) is 9.81 Å². The number of imide groups is 1. The zero-order valence-corrected chi connectivity index (χ0v) is 9.53. The fourth-order valence-corrected chi connectivity index (χ4v) is 3.95. The molecule has 0 aromatic carbocycles. The molecule has 0 radical (unpaired) electrons. The maximum absolute atomic E-state index is 11.9. The smallest absolute Gasteiger partial charge is 0.268 e. The number of carbonyl (C=O) groups is 2. The topological polar surface area (TPSA) is 49.9 Å². The second-order valence-corrected chi connectivity index (χ2v) is 5.74. The SMILES string of the molecule is O=C1C2=C(SCCS2)C(=O)N1CC1CO1. The Kier molecular flexibility index (Phi) is 2.30. The van der Waals surface area contributed by atoms with Gasteiger partial charge in [0.15, 0.2) is 0 Å². The molecule has 0 aliphatic carbocycles. The highest BCUT2D eigenvalue weighted by atomic mass is 32.2. The molecular weight excluding hydrogens is 234 g/mol. The number of hydrogen-bond acceptors (Lipinski definition) is 5. The van der Waals surface area contributed by atoms with Gasteiger partial charge in [-0.1, -0.05) is 0 Å². The second kappa shape index (κ2) is 3.54. The van der Waals surface area contributed by atoms with E-state index in [0.717, 1.165) is 11.5 Å². The van der Waals surface area contributed by atoms with Crippen LogP contribution in [0.5, 0.6) is 0 Å². The highest BCUT2D eigenvalue weighted by Gasteiger charge is 2.42. The normalized spacial score (nSPS) is 29.9. The van der Waals surface area contributed by atoms with Gasteiger partial charge in [-0.15, -0.1) is 23.5 Å². The Morgan fingerprint density at radius 3 is 2.20 bits per heavy atom. The molecule has 0 aromatic rings. The lowest BCUT2D eigenvalue weighted by Gasteiger charge is -2.12. The van der Waals surface area contributed by atoms with E-state index in [0.29, 0.717) is 23.0 Å². The first kappa shape index (κ1) is 9.74. The zero-order valence-electron chi connectivity index (χ0n) is 7.89. The Morgan fingerprint density at radius 2 is 1.73 bits per heavy atom. The third kappa shape index (κ3) is 1.60. The molecule has 1 saturated heterocycles. The fourth-order valence-electron chi connectivity index (χ4n) is 1.62. The Balaban J connectivity index is 1.84. The van der Waals surface area contributed by atoms with Crippen LogP contribution in [0.4, 0.5) is 0 Å². The van der Waals surface area contributed by atoms with Crippen molar-refractivity contribution in [1.82, 2.24) is 4.90 Å². The van der Waals surface area contributed by atoms with Gasteiger partial charge in [-0.2, -0.15) is 0 Å². The van der Waals surface area contributed by atoms with E-state index in [4.69, 9.17) is 4.74 Å². The van der Waals surface area contributed by atoms with E-state index in [1.165, 1.54) is 28.4 Å². The van der Waals surface area contributed by atoms with Crippen LogP contribution in [0, 0.1) is 0 Å². The Hall–Kier alpha value is -0.460. The molecule has 80 valence electrons. The summed E-state index contributed by atoms with van der Waals surface area (Å²) in [5, 5.41) is 0. The van der Waals surface area contributed by atoms with Crippen LogP contribution in [-0.2, 0) is 14.3 Å². The number of rotatable bonds is 2. The highest BCUT2D eigenvalue weighted by molar-refractivity contribution is 8.11. The molecule has 0 N–H and O–H groups in total. The molecule has 3 rings (SSSR count). The van der Waals surface area contributed by atoms with Gasteiger partial charge < -0.3 is 4.74 Å². The van der Waals surface area contributed by atoms with Crippen LogP contribution in [0.2, 0.25) is 0 Å². The van der Waals surface area contributed by atoms with Gasteiger partial charge in [0.25, 0.3) is 11.8 Å². The molecule has 1 atom stereocenters. The number of carbonyl (C=O) groups excluding carboxylic acids is 2. The molecular formula is C9H9NO3S2. The van der Waals surface area contributed by atoms with E-state index in [1.54, 1.807) is 0 Å². The van der Waals surface area contributed by atoms with Gasteiger partial charge in [-0.25, -0.2) is 0 Å². The molecule has 4 nitrogen and oxygen atoms in total. The van der Waals surface area contributed by atoms with E-state index >= 15 is 0 Å². The maximum Gasteiger partial charge on any atom is 0.268 e. The summed E-state index contributed by atoms with van der Waals surface area (Å²) < 4.78 is 5.04. The van der Waals surface area contributed by atoms with E-state index in [1.807, 2.05) is 0 Å². The van der Waals surface area contributed by atoms with E-state index < -0.39 is 0 Å². The monoisotopic (exact) mass is 243 g/mol. The molecule has 3 aliphatic heterocycles. The predicted octanol–water partition coefficient (Wildman–Crippen LogP) is 0.446. The summed E-state index contributed by atoms with van der Waals surface area (Å²) in [6.45, 7) is 1.09. The molecule has 1 unspecified atom stereocenters. The molecule has 1 fully saturated rings. The number of epoxide rings is 1. The number of hydrogen-bond donors (Lipinski definition) is 0. The van der Waals surface area contributed by atoms with Crippen molar-refractivity contribution in [3.63, 3.8) is 0 Å². The minimum atomic E-state index is -0.122. The predicted molar refractivity (Wildman–Crippen MR) is 58.4 cm³/mol. The lowest BCUT2D eigenvalue weighted by molar-refractivity contribution is -0.137. The summed E-state index contributed by atoms with van der Waals surface area (Å²) in [5.41, 5.74) is 0. The first-order valence-electron chi connectivity index (χ1n) is 4.75. The van der Waals surface area contributed by atoms with Crippen LogP contribution in [0.25, 0.3) is 0 Å². The van der Waals surface area contributed by atoms with E-state index in [9.17, 15) is 9.59 Å². The van der Waals surface area contributed by atoms with Gasteiger partial charge in [-0.3, -0.25) is 14.5 Å². The molecule has 3 heterocycles. The summed E-state index contributed by atoms with van der Waals surface area (Å²) in [6, 6.07) is 0. The van der Waals surface area contributed by atoms with Gasteiger partial charge in [-0.05, 0) is 0 Å². The molecule has 0 saturated carbocycles. The minimum Gasteiger partial charge on any atom is -0.371 e. The average Bonchev–Trinajstić information content (AvgIpc) is 3.04. The maximum atomic E-state index is 11.9. The largest absolute Gasteiger partial charge is 0.371 e. The second-order valence-electron chi connectivity index (χ2n) is 3.53. The Labute approximate surface area is 95.4 Å². The van der Waals surface area contributed by atoms with Crippen LogP contribution >= 0.6 is 23.5 Å². The molecule has 15 heavy (non-hydrogen) atoms. The molecule has 0 bridgehead atoms. The van der Waals surface area contributed by atoms with Crippen LogP contribution < -0.4 is 0 Å². The molecule has 2 amide bonds. The van der Waals surface area contributed by atoms with Crippen molar-refractivity contribution in [2.24, 2.45) is 0 Å². The van der Waals surface area contributed by atoms with Gasteiger partial charge >= 0.3 is 0 Å². The number of ether oxygens (including phenoxy) is 1. The Morgan fingerprint density at radius 1 is 1.20 bits per heavy atom. The Bertz CT molecular complexity index is 348. The van der Waals surface area contributed by atoms with Gasteiger partial charge in [0.1, 0.15) is 0 Å². The standard InChI is InChI=1S/C9H9NO3S2/c11-8-6-7(15-2-1-14-6)9(12)10(8)3-5-4-13-5/h5H,1-4H2. The van der Waals surface area contributed by atoms with Crippen molar-refractivity contribution < 1.29 is 14.3 Å². The van der Waals surface area contributed by atoms with Crippen molar-refractivity contribution in [2.75, 3.05) is 24.7 Å². The highest BCUT2D eigenvalue weighted by Crippen LogP contribution is 2.40. The number of nitrogens with zero attached hydrogens (tertiary/aromatic N) is 1. The fraction of sp³-hybridized carbons (Fsp3) is 0.556. The van der Waals surface area contributed by atoms with Crippen LogP contribution in [0.3, 0.4) is 0 Å². The number of thioether (sulfide) groups is 2.